The van der Waals surface area contributed by atoms with Gasteiger partial charge in [0.25, 0.3) is 0 Å². The Hall–Kier alpha value is -1.38. The summed E-state index contributed by atoms with van der Waals surface area (Å²) in [5.74, 6) is -0.190. The van der Waals surface area contributed by atoms with Crippen molar-refractivity contribution in [3.05, 3.63) is 22.7 Å². The lowest BCUT2D eigenvalue weighted by Crippen LogP contribution is -2.65. The minimum atomic E-state index is -2.77. The van der Waals surface area contributed by atoms with Gasteiger partial charge in [0.2, 0.25) is 5.91 Å². The highest BCUT2D eigenvalue weighted by Crippen LogP contribution is 2.49. The monoisotopic (exact) mass is 525 g/mol. The highest BCUT2D eigenvalue weighted by atomic mass is 28.5. The largest absolute Gasteiger partial charge is 0.414 e. The number of carbonyl (C=O) groups is 1. The van der Waals surface area contributed by atoms with E-state index >= 15 is 0 Å². The van der Waals surface area contributed by atoms with Crippen LogP contribution in [0.2, 0.25) is 22.2 Å². The van der Waals surface area contributed by atoms with Crippen LogP contribution in [0.15, 0.2) is 17.1 Å². The van der Waals surface area contributed by atoms with E-state index < -0.39 is 29.0 Å². The molecule has 35 heavy (non-hydrogen) atoms. The molecule has 0 aliphatic carbocycles. The second-order valence-corrected chi connectivity index (χ2v) is 20.0. The van der Waals surface area contributed by atoms with Crippen LogP contribution in [-0.2, 0) is 22.5 Å². The third-order valence-corrected chi connectivity index (χ3v) is 17.6. The number of anilines is 1. The fraction of sp³-hybridized carbons (Fsp3) is 0.792. The van der Waals surface area contributed by atoms with E-state index in [4.69, 9.17) is 17.7 Å². The first kappa shape index (κ1) is 28.2. The molecule has 0 aromatic carbocycles. The number of aromatic nitrogens is 2. The van der Waals surface area contributed by atoms with Crippen molar-refractivity contribution < 1.29 is 22.5 Å². The van der Waals surface area contributed by atoms with Gasteiger partial charge in [-0.25, -0.2) is 4.79 Å². The Morgan fingerprint density at radius 1 is 1.06 bits per heavy atom. The third kappa shape index (κ3) is 5.21. The van der Waals surface area contributed by atoms with Crippen LogP contribution in [0.4, 0.5) is 5.82 Å². The Kier molecular flexibility index (Phi) is 8.50. The molecule has 3 heterocycles. The number of nitrogens with zero attached hydrogens (tertiary/aromatic N) is 2. The van der Waals surface area contributed by atoms with Gasteiger partial charge < -0.3 is 23.0 Å². The molecule has 3 rings (SSSR count). The molecule has 9 nitrogen and oxygen atoms in total. The molecule has 2 saturated heterocycles. The summed E-state index contributed by atoms with van der Waals surface area (Å²) < 4.78 is 29.1. The first-order valence-electron chi connectivity index (χ1n) is 12.8. The van der Waals surface area contributed by atoms with Gasteiger partial charge >= 0.3 is 22.8 Å². The van der Waals surface area contributed by atoms with Crippen molar-refractivity contribution in [3.63, 3.8) is 0 Å². The number of hydrogen-bond acceptors (Lipinski definition) is 7. The molecule has 2 aliphatic heterocycles. The zero-order valence-corrected chi connectivity index (χ0v) is 24.8. The SMILES string of the molecule is CC(=O)Nc1ccn(C2OC3CO[Si](C(C)C)(C(C)C)O[Si](C(C)C)(C(C)C)OC3C2C)c(=O)n1. The van der Waals surface area contributed by atoms with Gasteiger partial charge in [0.1, 0.15) is 18.1 Å². The van der Waals surface area contributed by atoms with E-state index in [0.29, 0.717) is 6.61 Å². The Morgan fingerprint density at radius 2 is 1.63 bits per heavy atom. The zero-order chi connectivity index (χ0) is 26.3. The Balaban J connectivity index is 2.03. The van der Waals surface area contributed by atoms with Crippen LogP contribution < -0.4 is 11.0 Å². The molecule has 198 valence electrons. The van der Waals surface area contributed by atoms with Gasteiger partial charge in [0.15, 0.2) is 0 Å². The van der Waals surface area contributed by atoms with Crippen LogP contribution in [0.5, 0.6) is 0 Å². The summed E-state index contributed by atoms with van der Waals surface area (Å²) in [6.45, 7) is 21.3. The molecule has 4 atom stereocenters. The summed E-state index contributed by atoms with van der Waals surface area (Å²) in [5, 5.41) is 2.55. The Morgan fingerprint density at radius 3 is 2.11 bits per heavy atom. The smallest absolute Gasteiger partial charge is 0.351 e. The van der Waals surface area contributed by atoms with Gasteiger partial charge in [-0.2, -0.15) is 4.98 Å². The van der Waals surface area contributed by atoms with Gasteiger partial charge in [-0.3, -0.25) is 9.36 Å². The number of rotatable bonds is 6. The summed E-state index contributed by atoms with van der Waals surface area (Å²) in [4.78, 5) is 28.2. The zero-order valence-electron chi connectivity index (χ0n) is 22.8. The molecule has 2 fully saturated rings. The average molecular weight is 526 g/mol. The molecular formula is C24H43N3O6Si2. The minimum absolute atomic E-state index is 0.130. The van der Waals surface area contributed by atoms with E-state index in [1.54, 1.807) is 12.3 Å². The molecule has 1 aromatic heterocycles. The molecule has 0 spiro atoms. The number of nitrogens with one attached hydrogen (secondary N) is 1. The van der Waals surface area contributed by atoms with Gasteiger partial charge in [0, 0.05) is 19.0 Å². The molecule has 0 radical (unpaired) electrons. The molecule has 11 heteroatoms. The van der Waals surface area contributed by atoms with E-state index in [1.807, 2.05) is 6.92 Å². The molecular weight excluding hydrogens is 482 g/mol. The first-order valence-corrected chi connectivity index (χ1v) is 16.7. The normalized spacial score (nSPS) is 28.3. The first-order chi connectivity index (χ1) is 16.2. The number of hydrogen-bond donors (Lipinski definition) is 1. The van der Waals surface area contributed by atoms with E-state index in [-0.39, 0.29) is 52.0 Å². The number of fused-ring (bicyclic) bond motifs is 1. The van der Waals surface area contributed by atoms with Crippen LogP contribution in [0.3, 0.4) is 0 Å². The maximum absolute atomic E-state index is 12.9. The van der Waals surface area contributed by atoms with Crippen LogP contribution in [0.1, 0.15) is 75.5 Å². The van der Waals surface area contributed by atoms with Gasteiger partial charge in [-0.15, -0.1) is 0 Å². The molecule has 4 unspecified atom stereocenters. The van der Waals surface area contributed by atoms with Crippen molar-refractivity contribution in [2.45, 2.75) is 110 Å². The highest BCUT2D eigenvalue weighted by Gasteiger charge is 2.61. The lowest BCUT2D eigenvalue weighted by Gasteiger charge is -2.51. The summed E-state index contributed by atoms with van der Waals surface area (Å²) in [7, 11) is -5.44. The van der Waals surface area contributed by atoms with Gasteiger partial charge in [0.05, 0.1) is 12.7 Å². The lowest BCUT2D eigenvalue weighted by atomic mass is 10.0. The predicted octanol–water partition coefficient (Wildman–Crippen LogP) is 4.69. The van der Waals surface area contributed by atoms with E-state index in [1.165, 1.54) is 11.5 Å². The van der Waals surface area contributed by atoms with Crippen molar-refractivity contribution in [1.82, 2.24) is 9.55 Å². The van der Waals surface area contributed by atoms with Gasteiger partial charge in [-0.05, 0) is 28.2 Å². The topological polar surface area (TPSA) is 101 Å². The van der Waals surface area contributed by atoms with Crippen molar-refractivity contribution in [3.8, 4) is 0 Å². The molecule has 0 saturated carbocycles. The van der Waals surface area contributed by atoms with E-state index in [0.717, 1.165) is 0 Å². The fourth-order valence-electron chi connectivity index (χ4n) is 5.51. The Labute approximate surface area is 211 Å². The predicted molar refractivity (Wildman–Crippen MR) is 140 cm³/mol. The van der Waals surface area contributed by atoms with E-state index in [9.17, 15) is 9.59 Å². The van der Waals surface area contributed by atoms with Crippen LogP contribution in [0, 0.1) is 5.92 Å². The van der Waals surface area contributed by atoms with E-state index in [2.05, 4.69) is 65.7 Å². The number of amides is 1. The molecule has 1 N–H and O–H groups in total. The molecule has 1 amide bonds. The standard InChI is InChI=1S/C24H43N3O6Si2/c1-14(2)34(15(3)4)30-13-20-22(32-35(33-34,16(5)6)17(7)8)18(9)23(31-20)27-12-11-21(25-19(10)28)26-24(27)29/h11-12,14-18,20,22-23H,13H2,1-10H3,(H,25,26,28,29). The fourth-order valence-corrected chi connectivity index (χ4v) is 16.8. The second kappa shape index (κ2) is 10.5. The summed E-state index contributed by atoms with van der Waals surface area (Å²) in [6.07, 6.45) is 0.465. The summed E-state index contributed by atoms with van der Waals surface area (Å²) >= 11 is 0. The lowest BCUT2D eigenvalue weighted by molar-refractivity contribution is -0.114. The van der Waals surface area contributed by atoms with Crippen molar-refractivity contribution >= 4 is 28.8 Å². The number of ether oxygens (including phenoxy) is 1. The molecule has 0 bridgehead atoms. The summed E-state index contributed by atoms with van der Waals surface area (Å²) in [5.41, 5.74) is 0.428. The summed E-state index contributed by atoms with van der Waals surface area (Å²) in [6, 6.07) is 1.61. The van der Waals surface area contributed by atoms with Crippen molar-refractivity contribution in [1.29, 1.82) is 0 Å². The molecule has 1 aromatic rings. The highest BCUT2D eigenvalue weighted by molar-refractivity contribution is 6.83. The number of carbonyl (C=O) groups excluding carboxylic acids is 1. The quantitative estimate of drug-likeness (QED) is 0.538. The van der Waals surface area contributed by atoms with Crippen LogP contribution in [-0.4, -0.2) is 51.4 Å². The minimum Gasteiger partial charge on any atom is -0.414 e. The van der Waals surface area contributed by atoms with Gasteiger partial charge in [-0.1, -0.05) is 62.3 Å². The van der Waals surface area contributed by atoms with Crippen LogP contribution >= 0.6 is 0 Å². The van der Waals surface area contributed by atoms with Crippen LogP contribution in [0.25, 0.3) is 0 Å². The second-order valence-electron chi connectivity index (χ2n) is 11.2. The third-order valence-electron chi connectivity index (χ3n) is 7.39. The average Bonchev–Trinajstić information content (AvgIpc) is 3.01. The van der Waals surface area contributed by atoms with Crippen molar-refractivity contribution in [2.75, 3.05) is 11.9 Å². The Bertz CT molecular complexity index is 951. The molecule has 2 aliphatic rings. The maximum Gasteiger partial charge on any atom is 0.351 e. The van der Waals surface area contributed by atoms with Crippen molar-refractivity contribution in [2.24, 2.45) is 5.92 Å². The maximum atomic E-state index is 12.9.